The third-order valence-corrected chi connectivity index (χ3v) is 8.15. The van der Waals surface area contributed by atoms with E-state index in [9.17, 15) is 0 Å². The van der Waals surface area contributed by atoms with Crippen molar-refractivity contribution in [2.75, 3.05) is 17.1 Å². The second kappa shape index (κ2) is 11.7. The molecule has 1 aromatic heterocycles. The number of amidine groups is 1. The fraction of sp³-hybridized carbons (Fsp3) is 0.0556. The van der Waals surface area contributed by atoms with Gasteiger partial charge in [0.25, 0.3) is 0 Å². The van der Waals surface area contributed by atoms with E-state index >= 15 is 0 Å². The average molecular weight is 578 g/mol. The number of hydrogen-bond acceptors (Lipinski definition) is 7. The Hall–Kier alpha value is -5.58. The predicted octanol–water partition coefficient (Wildman–Crippen LogP) is 7.60. The maximum Gasteiger partial charge on any atom is 0.207 e. The molecule has 1 aliphatic heterocycles. The number of benzene rings is 5. The monoisotopic (exact) mass is 577 g/mol. The van der Waals surface area contributed by atoms with Gasteiger partial charge in [0, 0.05) is 16.7 Å². The van der Waals surface area contributed by atoms with Gasteiger partial charge in [-0.1, -0.05) is 96.0 Å². The summed E-state index contributed by atoms with van der Waals surface area (Å²) in [6.07, 6.45) is -0.301. The molecule has 0 amide bonds. The quantitative estimate of drug-likeness (QED) is 0.214. The molecule has 1 aliphatic rings. The Morgan fingerprint density at radius 3 is 2.02 bits per heavy atom. The number of aromatic nitrogens is 1. The molecule has 0 saturated heterocycles. The smallest absolute Gasteiger partial charge is 0.207 e. The fourth-order valence-corrected chi connectivity index (χ4v) is 5.88. The molecule has 208 valence electrons. The SMILES string of the molecule is COc1ccc(C#Cc2ccc(N3N=C(c4ccccc4)NN(c4nc5ccccc5s4)C3c3ccccc3)cc2)cc1. The highest BCUT2D eigenvalue weighted by Gasteiger charge is 2.35. The van der Waals surface area contributed by atoms with E-state index in [1.165, 1.54) is 0 Å². The van der Waals surface area contributed by atoms with Crippen LogP contribution in [0, 0.1) is 11.8 Å². The van der Waals surface area contributed by atoms with Gasteiger partial charge in [-0.05, 0) is 66.2 Å². The van der Waals surface area contributed by atoms with Crippen LogP contribution in [0.15, 0.2) is 139 Å². The number of methoxy groups -OCH3 is 1. The Labute approximate surface area is 254 Å². The number of thiazole rings is 1. The highest BCUT2D eigenvalue weighted by Crippen LogP contribution is 2.38. The summed E-state index contributed by atoms with van der Waals surface area (Å²) in [6, 6.07) is 44.7. The van der Waals surface area contributed by atoms with Gasteiger partial charge in [-0.2, -0.15) is 5.10 Å². The van der Waals surface area contributed by atoms with Gasteiger partial charge < -0.3 is 4.74 Å². The van der Waals surface area contributed by atoms with Crippen molar-refractivity contribution in [3.8, 4) is 17.6 Å². The van der Waals surface area contributed by atoms with Gasteiger partial charge in [0.1, 0.15) is 5.75 Å². The summed E-state index contributed by atoms with van der Waals surface area (Å²) in [5, 5.41) is 10.2. The predicted molar refractivity (Wildman–Crippen MR) is 175 cm³/mol. The summed E-state index contributed by atoms with van der Waals surface area (Å²) in [6.45, 7) is 0. The van der Waals surface area contributed by atoms with Crippen molar-refractivity contribution in [1.29, 1.82) is 0 Å². The third kappa shape index (κ3) is 5.52. The maximum atomic E-state index is 5.26. The Morgan fingerprint density at radius 2 is 1.35 bits per heavy atom. The van der Waals surface area contributed by atoms with Gasteiger partial charge in [-0.15, -0.1) is 0 Å². The van der Waals surface area contributed by atoms with Crippen LogP contribution in [0.25, 0.3) is 10.2 Å². The number of rotatable bonds is 5. The van der Waals surface area contributed by atoms with Crippen molar-refractivity contribution in [2.24, 2.45) is 5.10 Å². The van der Waals surface area contributed by atoms with Crippen molar-refractivity contribution < 1.29 is 4.74 Å². The number of hydrazine groups is 1. The van der Waals surface area contributed by atoms with E-state index in [1.807, 2.05) is 78.9 Å². The molecule has 43 heavy (non-hydrogen) atoms. The minimum absolute atomic E-state index is 0.301. The van der Waals surface area contributed by atoms with Crippen molar-refractivity contribution in [1.82, 2.24) is 10.4 Å². The van der Waals surface area contributed by atoms with Gasteiger partial charge in [0.2, 0.25) is 5.13 Å². The van der Waals surface area contributed by atoms with Crippen molar-refractivity contribution >= 4 is 38.2 Å². The van der Waals surface area contributed by atoms with Crippen LogP contribution in [0.3, 0.4) is 0 Å². The zero-order chi connectivity index (χ0) is 29.0. The third-order valence-electron chi connectivity index (χ3n) is 7.12. The summed E-state index contributed by atoms with van der Waals surface area (Å²) in [7, 11) is 1.66. The summed E-state index contributed by atoms with van der Waals surface area (Å²) in [4.78, 5) is 5.02. The lowest BCUT2D eigenvalue weighted by atomic mass is 10.1. The van der Waals surface area contributed by atoms with Gasteiger partial charge in [0.15, 0.2) is 12.0 Å². The Kier molecular flexibility index (Phi) is 7.18. The molecule has 0 spiro atoms. The van der Waals surface area contributed by atoms with Crippen LogP contribution in [0.2, 0.25) is 0 Å². The lowest BCUT2D eigenvalue weighted by Gasteiger charge is -2.42. The minimum atomic E-state index is -0.301. The lowest BCUT2D eigenvalue weighted by Crippen LogP contribution is -2.55. The highest BCUT2D eigenvalue weighted by atomic mass is 32.1. The van der Waals surface area contributed by atoms with Crippen molar-refractivity contribution in [3.05, 3.63) is 156 Å². The molecule has 0 fully saturated rings. The summed E-state index contributed by atoms with van der Waals surface area (Å²) in [5.74, 6) is 8.07. The topological polar surface area (TPSA) is 53.0 Å². The second-order valence-corrected chi connectivity index (χ2v) is 10.9. The number of anilines is 2. The zero-order valence-electron chi connectivity index (χ0n) is 23.4. The van der Waals surface area contributed by atoms with Gasteiger partial charge >= 0.3 is 0 Å². The number of nitrogens with zero attached hydrogens (tertiary/aromatic N) is 4. The maximum absolute atomic E-state index is 5.26. The van der Waals surface area contributed by atoms with Crippen molar-refractivity contribution in [2.45, 2.75) is 6.17 Å². The van der Waals surface area contributed by atoms with Crippen LogP contribution < -0.4 is 20.2 Å². The van der Waals surface area contributed by atoms with E-state index in [1.54, 1.807) is 18.4 Å². The molecule has 1 N–H and O–H groups in total. The first-order chi connectivity index (χ1) is 21.2. The van der Waals surface area contributed by atoms with Gasteiger partial charge in [-0.25, -0.2) is 15.0 Å². The first-order valence-electron chi connectivity index (χ1n) is 13.9. The van der Waals surface area contributed by atoms with E-state index in [0.29, 0.717) is 0 Å². The molecule has 2 heterocycles. The molecule has 1 unspecified atom stereocenters. The number of para-hydroxylation sites is 1. The molecule has 0 saturated carbocycles. The Bertz CT molecular complexity index is 1910. The molecule has 6 nitrogen and oxygen atoms in total. The molecule has 7 heteroatoms. The number of hydrogen-bond donors (Lipinski definition) is 1. The van der Waals surface area contributed by atoms with E-state index in [4.69, 9.17) is 14.8 Å². The summed E-state index contributed by atoms with van der Waals surface area (Å²) >= 11 is 1.65. The molecule has 1 atom stereocenters. The average Bonchev–Trinajstić information content (AvgIpc) is 3.52. The van der Waals surface area contributed by atoms with E-state index in [0.717, 1.165) is 54.9 Å². The van der Waals surface area contributed by atoms with Crippen LogP contribution in [-0.4, -0.2) is 17.9 Å². The number of hydrazone groups is 1. The first kappa shape index (κ1) is 26.3. The molecule has 0 aliphatic carbocycles. The molecular weight excluding hydrogens is 550 g/mol. The van der Waals surface area contributed by atoms with Crippen LogP contribution in [0.5, 0.6) is 5.75 Å². The Balaban J connectivity index is 1.31. The normalized spacial score (nSPS) is 14.4. The zero-order valence-corrected chi connectivity index (χ0v) is 24.2. The van der Waals surface area contributed by atoms with Gasteiger partial charge in [-0.3, -0.25) is 5.43 Å². The molecule has 5 aromatic carbocycles. The lowest BCUT2D eigenvalue weighted by molar-refractivity contribution is 0.415. The Morgan fingerprint density at radius 1 is 0.721 bits per heavy atom. The molecule has 7 rings (SSSR count). The minimum Gasteiger partial charge on any atom is -0.497 e. The standard InChI is InChI=1S/C36H27N5OS/c1-42-31-24-20-27(21-25-31)17-16-26-18-22-30(23-19-26)40-35(29-12-6-3-7-13-29)41(36-37-32-14-8-9-15-33(32)43-36)39-34(38-40)28-10-4-2-5-11-28/h2-15,18-25,35H,1H3,(H,38,39). The van der Waals surface area contributed by atoms with E-state index < -0.39 is 0 Å². The van der Waals surface area contributed by atoms with Crippen LogP contribution in [-0.2, 0) is 0 Å². The molecule has 6 aromatic rings. The first-order valence-corrected chi connectivity index (χ1v) is 14.7. The fourth-order valence-electron chi connectivity index (χ4n) is 4.93. The van der Waals surface area contributed by atoms with Crippen molar-refractivity contribution in [3.63, 3.8) is 0 Å². The van der Waals surface area contributed by atoms with E-state index in [-0.39, 0.29) is 6.17 Å². The van der Waals surface area contributed by atoms with E-state index in [2.05, 4.69) is 81.9 Å². The van der Waals surface area contributed by atoms with Gasteiger partial charge in [0.05, 0.1) is 23.0 Å². The number of fused-ring (bicyclic) bond motifs is 1. The number of ether oxygens (including phenoxy) is 1. The summed E-state index contributed by atoms with van der Waals surface area (Å²) in [5.41, 5.74) is 9.42. The van der Waals surface area contributed by atoms with Crippen LogP contribution in [0.1, 0.15) is 28.4 Å². The molecule has 0 radical (unpaired) electrons. The number of nitrogens with one attached hydrogen (secondary N) is 1. The second-order valence-electron chi connectivity index (χ2n) is 9.91. The highest BCUT2D eigenvalue weighted by molar-refractivity contribution is 7.22. The van der Waals surface area contributed by atoms with Crippen LogP contribution in [0.4, 0.5) is 10.8 Å². The molecular formula is C36H27N5OS. The molecule has 0 bridgehead atoms. The van der Waals surface area contributed by atoms with Crippen LogP contribution >= 0.6 is 11.3 Å². The largest absolute Gasteiger partial charge is 0.497 e. The summed E-state index contributed by atoms with van der Waals surface area (Å²) < 4.78 is 6.38.